The first-order valence-corrected chi connectivity index (χ1v) is 4.52. The van der Waals surface area contributed by atoms with Crippen LogP contribution >= 0.6 is 0 Å². The molecule has 0 heterocycles. The zero-order valence-electron chi connectivity index (χ0n) is 7.89. The molecule has 68 valence electrons. The van der Waals surface area contributed by atoms with Crippen LogP contribution in [-0.2, 0) is 9.59 Å². The normalized spacial score (nSPS) is 25.4. The Morgan fingerprint density at radius 2 is 1.77 bits per heavy atom. The number of hydrogen-bond donors (Lipinski definition) is 0. The van der Waals surface area contributed by atoms with Crippen molar-refractivity contribution in [2.75, 3.05) is 0 Å². The van der Waals surface area contributed by atoms with E-state index >= 15 is 0 Å². The molecule has 0 bridgehead atoms. The lowest BCUT2D eigenvalue weighted by Gasteiger charge is -2.20. The van der Waals surface area contributed by atoms with Gasteiger partial charge in [-0.05, 0) is 41.6 Å². The Morgan fingerprint density at radius 1 is 1.15 bits per heavy atom. The first-order chi connectivity index (χ1) is 6.00. The van der Waals surface area contributed by atoms with E-state index in [2.05, 4.69) is 13.8 Å². The van der Waals surface area contributed by atoms with E-state index in [1.807, 2.05) is 0 Å². The van der Waals surface area contributed by atoms with Crippen LogP contribution in [0.25, 0.3) is 0 Å². The first kappa shape index (κ1) is 8.42. The molecule has 0 saturated heterocycles. The zero-order chi connectivity index (χ0) is 9.64. The maximum atomic E-state index is 11.2. The molecule has 0 spiro atoms. The van der Waals surface area contributed by atoms with E-state index in [0.29, 0.717) is 0 Å². The van der Waals surface area contributed by atoms with E-state index in [1.54, 1.807) is 0 Å². The zero-order valence-corrected chi connectivity index (χ0v) is 7.89. The highest BCUT2D eigenvalue weighted by atomic mass is 16.2. The maximum Gasteiger partial charge on any atom is 0.226 e. The average molecular weight is 176 g/mol. The Hall–Kier alpha value is -1.18. The van der Waals surface area contributed by atoms with Crippen molar-refractivity contribution in [1.29, 1.82) is 0 Å². The molecule has 13 heavy (non-hydrogen) atoms. The largest absolute Gasteiger partial charge is 0.286 e. The minimum absolute atomic E-state index is 0.0716. The van der Waals surface area contributed by atoms with Crippen LogP contribution < -0.4 is 0 Å². The fourth-order valence-corrected chi connectivity index (χ4v) is 2.02. The third-order valence-corrected chi connectivity index (χ3v) is 2.92. The molecule has 2 aliphatic carbocycles. The van der Waals surface area contributed by atoms with Gasteiger partial charge in [-0.15, -0.1) is 0 Å². The number of allylic oxidation sites excluding steroid dienone is 4. The van der Waals surface area contributed by atoms with E-state index in [-0.39, 0.29) is 17.0 Å². The quantitative estimate of drug-likeness (QED) is 0.416. The molecule has 2 nitrogen and oxygen atoms in total. The fourth-order valence-electron chi connectivity index (χ4n) is 2.02. The summed E-state index contributed by atoms with van der Waals surface area (Å²) in [7, 11) is 0. The van der Waals surface area contributed by atoms with Crippen LogP contribution in [0.2, 0.25) is 0 Å². The van der Waals surface area contributed by atoms with Gasteiger partial charge in [-0.2, -0.15) is 0 Å². The third-order valence-electron chi connectivity index (χ3n) is 2.92. The second-order valence-corrected chi connectivity index (χ2v) is 4.34. The van der Waals surface area contributed by atoms with Gasteiger partial charge >= 0.3 is 0 Å². The van der Waals surface area contributed by atoms with E-state index in [9.17, 15) is 9.59 Å². The molecule has 0 aromatic rings. The standard InChI is InChI=1S/C11H12O2/c1-11(2)4-3-7-5-9(12)10(13)6-8(7)11/h5-6H,3-4H2,1-2H3. The Morgan fingerprint density at radius 3 is 2.46 bits per heavy atom. The summed E-state index contributed by atoms with van der Waals surface area (Å²) in [5, 5.41) is 0. The van der Waals surface area contributed by atoms with Gasteiger partial charge in [0.15, 0.2) is 0 Å². The van der Waals surface area contributed by atoms with Crippen molar-refractivity contribution in [3.05, 3.63) is 23.3 Å². The van der Waals surface area contributed by atoms with Crippen molar-refractivity contribution in [1.82, 2.24) is 0 Å². The molecule has 0 aromatic heterocycles. The van der Waals surface area contributed by atoms with Gasteiger partial charge in [0.2, 0.25) is 11.6 Å². The summed E-state index contributed by atoms with van der Waals surface area (Å²) in [6, 6.07) is 0. The molecule has 0 amide bonds. The summed E-state index contributed by atoms with van der Waals surface area (Å²) < 4.78 is 0. The van der Waals surface area contributed by atoms with Crippen molar-refractivity contribution in [2.24, 2.45) is 5.41 Å². The van der Waals surface area contributed by atoms with Gasteiger partial charge in [0.05, 0.1) is 0 Å². The number of rotatable bonds is 0. The van der Waals surface area contributed by atoms with Gasteiger partial charge in [0.25, 0.3) is 0 Å². The summed E-state index contributed by atoms with van der Waals surface area (Å²) in [5.41, 5.74) is 2.20. The van der Waals surface area contributed by atoms with Gasteiger partial charge in [0.1, 0.15) is 0 Å². The van der Waals surface area contributed by atoms with E-state index in [4.69, 9.17) is 0 Å². The van der Waals surface area contributed by atoms with Crippen LogP contribution in [0.5, 0.6) is 0 Å². The SMILES string of the molecule is CC1(C)CCC2=CC(=O)C(=O)C=C21. The second kappa shape index (κ2) is 2.41. The molecule has 1 fully saturated rings. The average Bonchev–Trinajstić information content (AvgIpc) is 2.31. The smallest absolute Gasteiger partial charge is 0.226 e. The lowest BCUT2D eigenvalue weighted by Crippen LogP contribution is -2.18. The van der Waals surface area contributed by atoms with Crippen molar-refractivity contribution in [3.63, 3.8) is 0 Å². The van der Waals surface area contributed by atoms with Crippen molar-refractivity contribution < 1.29 is 9.59 Å². The van der Waals surface area contributed by atoms with Gasteiger partial charge in [-0.1, -0.05) is 13.8 Å². The monoisotopic (exact) mass is 176 g/mol. The molecule has 0 aliphatic heterocycles. The predicted molar refractivity (Wildman–Crippen MR) is 49.2 cm³/mol. The number of hydrogen-bond acceptors (Lipinski definition) is 2. The van der Waals surface area contributed by atoms with Gasteiger partial charge in [-0.3, -0.25) is 9.59 Å². The summed E-state index contributed by atoms with van der Waals surface area (Å²) >= 11 is 0. The molecule has 0 radical (unpaired) electrons. The lowest BCUT2D eigenvalue weighted by atomic mass is 9.83. The molecule has 0 atom stereocenters. The number of ketones is 2. The second-order valence-electron chi connectivity index (χ2n) is 4.34. The highest BCUT2D eigenvalue weighted by Crippen LogP contribution is 2.46. The van der Waals surface area contributed by atoms with Crippen molar-refractivity contribution in [2.45, 2.75) is 26.7 Å². The third kappa shape index (κ3) is 1.17. The fraction of sp³-hybridized carbons (Fsp3) is 0.455. The minimum Gasteiger partial charge on any atom is -0.286 e. The maximum absolute atomic E-state index is 11.2. The van der Waals surface area contributed by atoms with Crippen molar-refractivity contribution >= 4 is 11.6 Å². The molecule has 1 saturated carbocycles. The summed E-state index contributed by atoms with van der Waals surface area (Å²) in [4.78, 5) is 22.2. The summed E-state index contributed by atoms with van der Waals surface area (Å²) in [6.45, 7) is 4.23. The van der Waals surface area contributed by atoms with Crippen LogP contribution in [0, 0.1) is 5.41 Å². The topological polar surface area (TPSA) is 34.1 Å². The van der Waals surface area contributed by atoms with Crippen molar-refractivity contribution in [3.8, 4) is 0 Å². The molecular formula is C11H12O2. The van der Waals surface area contributed by atoms with Gasteiger partial charge in [0, 0.05) is 0 Å². The Labute approximate surface area is 77.3 Å². The van der Waals surface area contributed by atoms with Crippen LogP contribution in [-0.4, -0.2) is 11.6 Å². The number of fused-ring (bicyclic) bond motifs is 1. The highest BCUT2D eigenvalue weighted by molar-refractivity contribution is 6.46. The highest BCUT2D eigenvalue weighted by Gasteiger charge is 2.36. The summed E-state index contributed by atoms with van der Waals surface area (Å²) in [6.07, 6.45) is 4.99. The van der Waals surface area contributed by atoms with Crippen LogP contribution in [0.1, 0.15) is 26.7 Å². The molecule has 0 unspecified atom stereocenters. The van der Waals surface area contributed by atoms with E-state index < -0.39 is 0 Å². The van der Waals surface area contributed by atoms with Gasteiger partial charge < -0.3 is 0 Å². The van der Waals surface area contributed by atoms with E-state index in [1.165, 1.54) is 12.2 Å². The van der Waals surface area contributed by atoms with Crippen LogP contribution in [0.15, 0.2) is 23.3 Å². The molecular weight excluding hydrogens is 164 g/mol. The van der Waals surface area contributed by atoms with Gasteiger partial charge in [-0.25, -0.2) is 0 Å². The Kier molecular flexibility index (Phi) is 1.56. The number of carbonyl (C=O) groups is 2. The van der Waals surface area contributed by atoms with Crippen LogP contribution in [0.4, 0.5) is 0 Å². The van der Waals surface area contributed by atoms with E-state index in [0.717, 1.165) is 24.0 Å². The number of carbonyl (C=O) groups excluding carboxylic acids is 2. The Balaban J connectivity index is 2.50. The molecule has 0 N–H and O–H groups in total. The predicted octanol–water partition coefficient (Wildman–Crippen LogP) is 1.81. The molecule has 2 aliphatic rings. The minimum atomic E-state index is -0.367. The summed E-state index contributed by atoms with van der Waals surface area (Å²) in [5.74, 6) is -0.731. The first-order valence-electron chi connectivity index (χ1n) is 4.52. The molecule has 2 heteroatoms. The molecule has 2 rings (SSSR count). The Bertz CT molecular complexity index is 356. The molecule has 0 aromatic carbocycles. The van der Waals surface area contributed by atoms with Crippen LogP contribution in [0.3, 0.4) is 0 Å². The lowest BCUT2D eigenvalue weighted by molar-refractivity contribution is -0.131.